The van der Waals surface area contributed by atoms with Crippen LogP contribution in [-0.4, -0.2) is 50.1 Å². The Morgan fingerprint density at radius 1 is 0.923 bits per heavy atom. The van der Waals surface area contributed by atoms with Crippen LogP contribution < -0.4 is 19.9 Å². The Bertz CT molecular complexity index is 1640. The maximum atomic E-state index is 13.4. The Hall–Kier alpha value is -4.50. The van der Waals surface area contributed by atoms with Crippen molar-refractivity contribution >= 4 is 28.8 Å². The first-order valence-electron chi connectivity index (χ1n) is 11.4. The second-order valence-corrected chi connectivity index (χ2v) is 9.18. The first kappa shape index (κ1) is 27.5. The van der Waals surface area contributed by atoms with Gasteiger partial charge in [0.1, 0.15) is 11.3 Å². The van der Waals surface area contributed by atoms with Crippen molar-refractivity contribution in [3.63, 3.8) is 0 Å². The zero-order valence-electron chi connectivity index (χ0n) is 19.5. The molecule has 2 saturated heterocycles. The van der Waals surface area contributed by atoms with Gasteiger partial charge in [-0.2, -0.15) is 18.4 Å². The van der Waals surface area contributed by atoms with Gasteiger partial charge in [-0.05, 0) is 23.8 Å². The molecule has 202 valence electrons. The normalized spacial score (nSPS) is 16.7. The van der Waals surface area contributed by atoms with E-state index in [-0.39, 0.29) is 19.1 Å². The van der Waals surface area contributed by atoms with Crippen molar-refractivity contribution in [1.29, 1.82) is 0 Å². The lowest BCUT2D eigenvalue weighted by atomic mass is 9.90. The van der Waals surface area contributed by atoms with Crippen molar-refractivity contribution in [1.82, 2.24) is 4.58 Å². The molecule has 0 saturated carbocycles. The van der Waals surface area contributed by atoms with Crippen molar-refractivity contribution in [3.05, 3.63) is 71.6 Å². The maximum Gasteiger partial charge on any atom is 0.373 e. The molecule has 2 aromatic rings. The number of nitrogens with zero attached hydrogens (tertiary/aromatic N) is 2. The van der Waals surface area contributed by atoms with Gasteiger partial charge in [-0.25, -0.2) is 13.4 Å². The highest BCUT2D eigenvalue weighted by atomic mass is 19.3. The largest absolute Gasteiger partial charge is 0.545 e. The zero-order valence-corrected chi connectivity index (χ0v) is 19.5. The number of fused-ring (bicyclic) bond motifs is 2. The quantitative estimate of drug-likeness (QED) is 0.224. The standard InChI is InChI=1S/C26H18F4N2O3.CO2.CH4/c27-25(28)11-31(12-25)15-5-7-19-21(9-15)35-22-10-16(32-13-26(29,30)14-32)6-8-20(22)23(19)17-3-1-2-4-18(17)24(33)34;2-1-3;/h1-10H,11-14H2;;1H4. The van der Waals surface area contributed by atoms with Gasteiger partial charge in [-0.3, -0.25) is 0 Å². The summed E-state index contributed by atoms with van der Waals surface area (Å²) >= 11 is 0. The van der Waals surface area contributed by atoms with Gasteiger partial charge >= 0.3 is 12.1 Å². The summed E-state index contributed by atoms with van der Waals surface area (Å²) in [5.74, 6) is -6.48. The lowest BCUT2D eigenvalue weighted by Gasteiger charge is -2.40. The molecule has 4 aliphatic rings. The van der Waals surface area contributed by atoms with Gasteiger partial charge in [0, 0.05) is 39.9 Å². The molecule has 3 aliphatic heterocycles. The Morgan fingerprint density at radius 3 is 2.21 bits per heavy atom. The summed E-state index contributed by atoms with van der Waals surface area (Å²) in [5.41, 5.74) is 2.46. The number of anilines is 1. The summed E-state index contributed by atoms with van der Waals surface area (Å²) in [6.45, 7) is -1.61. The zero-order chi connectivity index (χ0) is 27.2. The van der Waals surface area contributed by atoms with E-state index in [1.54, 1.807) is 54.6 Å². The van der Waals surface area contributed by atoms with Gasteiger partial charge in [0.15, 0.2) is 0 Å². The second kappa shape index (κ2) is 9.99. The van der Waals surface area contributed by atoms with Crippen molar-refractivity contribution in [2.45, 2.75) is 19.3 Å². The molecule has 2 aromatic carbocycles. The van der Waals surface area contributed by atoms with Crippen LogP contribution >= 0.6 is 0 Å². The number of carboxylic acids is 1. The Balaban J connectivity index is 0.000000845. The molecule has 0 radical (unpaired) electrons. The van der Waals surface area contributed by atoms with Gasteiger partial charge in [0.2, 0.25) is 18.4 Å². The molecular formula is C28H22F4N2O5. The Kier molecular flexibility index (Phi) is 7.06. The molecule has 0 N–H and O–H groups in total. The molecule has 6 rings (SSSR count). The molecule has 0 aromatic heterocycles. The van der Waals surface area contributed by atoms with Gasteiger partial charge in [-0.15, -0.1) is 0 Å². The first-order chi connectivity index (χ1) is 18.0. The van der Waals surface area contributed by atoms with E-state index < -0.39 is 44.0 Å². The minimum atomic E-state index is -2.75. The number of carbonyl (C=O) groups excluding carboxylic acids is 3. The van der Waals surface area contributed by atoms with Crippen molar-refractivity contribution in [2.24, 2.45) is 0 Å². The molecule has 39 heavy (non-hydrogen) atoms. The number of hydrogen-bond donors (Lipinski definition) is 0. The predicted octanol–water partition coefficient (Wildman–Crippen LogP) is 3.50. The maximum absolute atomic E-state index is 13.4. The average Bonchev–Trinajstić information content (AvgIpc) is 2.84. The van der Waals surface area contributed by atoms with Crippen LogP contribution in [-0.2, 0) is 9.59 Å². The van der Waals surface area contributed by atoms with Gasteiger partial charge < -0.3 is 19.2 Å². The first-order valence-corrected chi connectivity index (χ1v) is 11.4. The fourth-order valence-electron chi connectivity index (χ4n) is 4.82. The fraction of sp³-hybridized carbons (Fsp3) is 0.250. The Morgan fingerprint density at radius 2 is 1.59 bits per heavy atom. The molecule has 0 amide bonds. The van der Waals surface area contributed by atoms with Crippen LogP contribution in [0.3, 0.4) is 0 Å². The van der Waals surface area contributed by atoms with E-state index in [4.69, 9.17) is 14.0 Å². The molecule has 3 heterocycles. The number of rotatable bonds is 3. The third-order valence-corrected chi connectivity index (χ3v) is 6.52. The summed E-state index contributed by atoms with van der Waals surface area (Å²) in [6.07, 6.45) is 0.250. The second-order valence-electron chi connectivity index (χ2n) is 9.18. The van der Waals surface area contributed by atoms with Crippen LogP contribution in [0.5, 0.6) is 0 Å². The lowest BCUT2D eigenvalue weighted by molar-refractivity contribution is -0.255. The van der Waals surface area contributed by atoms with Crippen LogP contribution in [0, 0.1) is 0 Å². The third-order valence-electron chi connectivity index (χ3n) is 6.52. The molecule has 2 fully saturated rings. The summed E-state index contributed by atoms with van der Waals surface area (Å²) in [4.78, 5) is 29.6. The van der Waals surface area contributed by atoms with Crippen LogP contribution in [0.2, 0.25) is 0 Å². The van der Waals surface area contributed by atoms with E-state index in [2.05, 4.69) is 0 Å². The molecule has 1 aliphatic carbocycles. The smallest absolute Gasteiger partial charge is 0.373 e. The molecule has 0 spiro atoms. The van der Waals surface area contributed by atoms with Crippen molar-refractivity contribution in [3.8, 4) is 22.5 Å². The summed E-state index contributed by atoms with van der Waals surface area (Å²) in [6, 6.07) is 16.5. The van der Waals surface area contributed by atoms with Crippen LogP contribution in [0.15, 0.2) is 65.1 Å². The van der Waals surface area contributed by atoms with E-state index in [0.717, 1.165) is 0 Å². The van der Waals surface area contributed by atoms with E-state index in [1.165, 1.54) is 15.5 Å². The van der Waals surface area contributed by atoms with Gasteiger partial charge in [0.05, 0.1) is 25.1 Å². The summed E-state index contributed by atoms with van der Waals surface area (Å²) < 4.78 is 61.4. The number of halogens is 4. The third kappa shape index (κ3) is 5.13. The molecular weight excluding hydrogens is 520 g/mol. The number of aromatic carboxylic acids is 1. The topological polar surface area (TPSA) is 93.7 Å². The monoisotopic (exact) mass is 542 g/mol. The highest BCUT2D eigenvalue weighted by Crippen LogP contribution is 2.43. The predicted molar refractivity (Wildman–Crippen MR) is 131 cm³/mol. The fourth-order valence-corrected chi connectivity index (χ4v) is 4.82. The van der Waals surface area contributed by atoms with Crippen molar-refractivity contribution < 1.29 is 41.5 Å². The highest BCUT2D eigenvalue weighted by molar-refractivity contribution is 6.07. The summed E-state index contributed by atoms with van der Waals surface area (Å²) in [7, 11) is 0. The molecule has 7 nitrogen and oxygen atoms in total. The number of carboxylic acid groups (broad SMARTS) is 1. The number of benzene rings is 3. The highest BCUT2D eigenvalue weighted by Gasteiger charge is 2.50. The SMILES string of the molecule is C.O=C([O-])c1ccccc1-c1c2ccc(=[N+]3CC(F)(F)C3)cc-2oc2cc(N3CC(F)(F)C3)ccc12.O=C=O. The van der Waals surface area contributed by atoms with E-state index in [0.29, 0.717) is 44.5 Å². The number of alkyl halides is 4. The summed E-state index contributed by atoms with van der Waals surface area (Å²) in [5, 5.41) is 13.0. The van der Waals surface area contributed by atoms with Crippen LogP contribution in [0.1, 0.15) is 17.8 Å². The molecule has 0 unspecified atom stereocenters. The van der Waals surface area contributed by atoms with Gasteiger partial charge in [-0.1, -0.05) is 31.7 Å². The molecule has 0 atom stereocenters. The number of carbonyl (C=O) groups is 1. The minimum absolute atomic E-state index is 0. The van der Waals surface area contributed by atoms with Gasteiger partial charge in [0.25, 0.3) is 5.92 Å². The van der Waals surface area contributed by atoms with E-state index in [1.807, 2.05) is 0 Å². The molecule has 11 heteroatoms. The lowest BCUT2D eigenvalue weighted by Crippen LogP contribution is -2.57. The molecule has 0 bridgehead atoms. The van der Waals surface area contributed by atoms with Crippen molar-refractivity contribution in [2.75, 3.05) is 31.1 Å². The van der Waals surface area contributed by atoms with Crippen LogP contribution in [0.4, 0.5) is 23.2 Å². The van der Waals surface area contributed by atoms with E-state index >= 15 is 0 Å². The average molecular weight is 542 g/mol. The van der Waals surface area contributed by atoms with Crippen LogP contribution in [0.25, 0.3) is 33.4 Å². The van der Waals surface area contributed by atoms with E-state index in [9.17, 15) is 27.5 Å². The minimum Gasteiger partial charge on any atom is -0.545 e. The Labute approximate surface area is 219 Å². The number of hydrogen-bond acceptors (Lipinski definition) is 6.